The van der Waals surface area contributed by atoms with Crippen molar-refractivity contribution in [3.05, 3.63) is 107 Å². The van der Waals surface area contributed by atoms with Crippen LogP contribution < -0.4 is 20.7 Å². The number of hydrogen-bond donors (Lipinski definition) is 2. The lowest BCUT2D eigenvalue weighted by atomic mass is 9.92. The largest absolute Gasteiger partial charge is 0.457 e. The molecule has 14 nitrogen and oxygen atoms in total. The second-order valence-electron chi connectivity index (χ2n) is 15.7. The van der Waals surface area contributed by atoms with Gasteiger partial charge in [0, 0.05) is 69.0 Å². The number of para-hydroxylation sites is 1. The standard InChI is InChI=1S/C43H45N9O5/c1-26-38(40(44)47-25-46-26)39(28-9-12-33(13-10-28)57-32-7-3-2-4-8-32)45-19-27-6-5-17-49(20-27)30-21-51(22-30)31-23-50(24-31)29-11-14-34-35(18-29)43(56)52(42(34)55)36-15-16-37(53)48-41(36)54/h2-4,7-14,18,25,27,30-31,36H,5-6,15-17,19-24H2,1H3,(H2,44,46,47)(H,48,53,54)/t27-,36?/m0/s1. The van der Waals surface area contributed by atoms with E-state index in [-0.39, 0.29) is 18.7 Å². The van der Waals surface area contributed by atoms with Crippen LogP contribution in [-0.4, -0.2) is 118 Å². The zero-order chi connectivity index (χ0) is 39.2. The Morgan fingerprint density at radius 2 is 1.58 bits per heavy atom. The van der Waals surface area contributed by atoms with E-state index in [1.807, 2.05) is 67.6 Å². The fraction of sp³-hybridized carbons (Fsp3) is 0.372. The van der Waals surface area contributed by atoms with Crippen molar-refractivity contribution in [2.24, 2.45) is 10.9 Å². The second-order valence-corrected chi connectivity index (χ2v) is 15.7. The molecule has 2 atom stereocenters. The maximum absolute atomic E-state index is 13.3. The van der Waals surface area contributed by atoms with Crippen molar-refractivity contribution < 1.29 is 23.9 Å². The van der Waals surface area contributed by atoms with Crippen molar-refractivity contribution in [3.8, 4) is 11.5 Å². The molecule has 14 heteroatoms. The summed E-state index contributed by atoms with van der Waals surface area (Å²) in [6, 6.07) is 22.9. The van der Waals surface area contributed by atoms with Gasteiger partial charge in [0.05, 0.1) is 28.1 Å². The third kappa shape index (κ3) is 7.15. The van der Waals surface area contributed by atoms with Gasteiger partial charge < -0.3 is 15.4 Å². The maximum atomic E-state index is 13.3. The number of aromatic nitrogens is 2. The van der Waals surface area contributed by atoms with Crippen LogP contribution in [0.1, 0.15) is 63.2 Å². The maximum Gasteiger partial charge on any atom is 0.262 e. The van der Waals surface area contributed by atoms with E-state index in [1.165, 1.54) is 6.33 Å². The summed E-state index contributed by atoms with van der Waals surface area (Å²) in [7, 11) is 0. The van der Waals surface area contributed by atoms with E-state index in [9.17, 15) is 19.2 Å². The van der Waals surface area contributed by atoms with Crippen LogP contribution in [0.3, 0.4) is 0 Å². The lowest BCUT2D eigenvalue weighted by Gasteiger charge is -2.55. The molecule has 292 valence electrons. The van der Waals surface area contributed by atoms with Crippen molar-refractivity contribution in [2.75, 3.05) is 56.4 Å². The molecule has 0 aliphatic carbocycles. The molecule has 1 aromatic heterocycles. The third-order valence-corrected chi connectivity index (χ3v) is 12.0. The zero-order valence-electron chi connectivity index (χ0n) is 31.8. The summed E-state index contributed by atoms with van der Waals surface area (Å²) < 4.78 is 6.04. The van der Waals surface area contributed by atoms with E-state index < -0.39 is 23.8 Å². The molecular weight excluding hydrogens is 723 g/mol. The molecule has 9 rings (SSSR count). The van der Waals surface area contributed by atoms with Crippen LogP contribution >= 0.6 is 0 Å². The molecule has 4 fully saturated rings. The number of nitrogen functional groups attached to an aromatic ring is 1. The minimum absolute atomic E-state index is 0.0958. The first-order valence-corrected chi connectivity index (χ1v) is 19.7. The van der Waals surface area contributed by atoms with Crippen molar-refractivity contribution >= 4 is 40.8 Å². The van der Waals surface area contributed by atoms with E-state index >= 15 is 0 Å². The molecule has 4 saturated heterocycles. The number of hydrogen-bond acceptors (Lipinski definition) is 12. The molecule has 0 saturated carbocycles. The number of aryl methyl sites for hydroxylation is 1. The van der Waals surface area contributed by atoms with Crippen LogP contribution in [0.4, 0.5) is 11.5 Å². The Kier molecular flexibility index (Phi) is 9.75. The van der Waals surface area contributed by atoms with Gasteiger partial charge in [-0.2, -0.15) is 0 Å². The highest BCUT2D eigenvalue weighted by Crippen LogP contribution is 2.34. The number of imide groups is 2. The molecule has 3 N–H and O–H groups in total. The number of ether oxygens (including phenoxy) is 1. The Morgan fingerprint density at radius 1 is 0.842 bits per heavy atom. The van der Waals surface area contributed by atoms with Gasteiger partial charge in [-0.1, -0.05) is 18.2 Å². The topological polar surface area (TPSA) is 167 Å². The predicted octanol–water partition coefficient (Wildman–Crippen LogP) is 3.68. The molecule has 4 amide bonds. The van der Waals surface area contributed by atoms with E-state index in [4.69, 9.17) is 15.5 Å². The van der Waals surface area contributed by atoms with Crippen LogP contribution in [0, 0.1) is 12.8 Å². The van der Waals surface area contributed by atoms with Crippen molar-refractivity contribution in [2.45, 2.75) is 50.7 Å². The highest BCUT2D eigenvalue weighted by atomic mass is 16.5. The number of nitrogens with one attached hydrogen (secondary N) is 1. The Labute approximate surface area is 330 Å². The molecular formula is C43H45N9O5. The fourth-order valence-corrected chi connectivity index (χ4v) is 8.77. The number of rotatable bonds is 10. The first-order chi connectivity index (χ1) is 27.7. The number of benzene rings is 3. The highest BCUT2D eigenvalue weighted by Gasteiger charge is 2.46. The molecule has 0 bridgehead atoms. The number of aliphatic imine (C=N–C) groups is 1. The number of nitrogens with zero attached hydrogens (tertiary/aromatic N) is 7. The van der Waals surface area contributed by atoms with E-state index in [2.05, 4.69) is 30.0 Å². The first-order valence-electron chi connectivity index (χ1n) is 19.7. The number of carbonyl (C=O) groups is 4. The summed E-state index contributed by atoms with van der Waals surface area (Å²) in [6.07, 6.45) is 3.97. The number of carbonyl (C=O) groups excluding carboxylic acids is 4. The first kappa shape index (κ1) is 36.6. The minimum atomic E-state index is -0.968. The van der Waals surface area contributed by atoms with Gasteiger partial charge in [-0.25, -0.2) is 9.97 Å². The molecule has 5 aliphatic rings. The minimum Gasteiger partial charge on any atom is -0.457 e. The summed E-state index contributed by atoms with van der Waals surface area (Å²) in [5, 5.41) is 2.25. The van der Waals surface area contributed by atoms with E-state index in [1.54, 1.807) is 12.1 Å². The van der Waals surface area contributed by atoms with Crippen LogP contribution in [-0.2, 0) is 9.59 Å². The summed E-state index contributed by atoms with van der Waals surface area (Å²) in [5.74, 6) is 0.385. The fourth-order valence-electron chi connectivity index (χ4n) is 8.77. The number of anilines is 2. The Morgan fingerprint density at radius 3 is 2.33 bits per heavy atom. The number of likely N-dealkylation sites (tertiary alicyclic amines) is 2. The summed E-state index contributed by atoms with van der Waals surface area (Å²) in [5.41, 5.74) is 11.2. The molecule has 57 heavy (non-hydrogen) atoms. The van der Waals surface area contributed by atoms with Crippen molar-refractivity contribution in [1.29, 1.82) is 0 Å². The molecule has 1 unspecified atom stereocenters. The monoisotopic (exact) mass is 767 g/mol. The van der Waals surface area contributed by atoms with E-state index in [0.717, 1.165) is 96.7 Å². The molecule has 4 aromatic rings. The summed E-state index contributed by atoms with van der Waals surface area (Å²) in [6.45, 7) is 8.42. The van der Waals surface area contributed by atoms with E-state index in [0.29, 0.717) is 41.5 Å². The predicted molar refractivity (Wildman–Crippen MR) is 213 cm³/mol. The van der Waals surface area contributed by atoms with Crippen molar-refractivity contribution in [3.63, 3.8) is 0 Å². The number of amides is 4. The molecule has 3 aromatic carbocycles. The zero-order valence-corrected chi connectivity index (χ0v) is 31.8. The Balaban J connectivity index is 0.800. The quantitative estimate of drug-likeness (QED) is 0.179. The van der Waals surface area contributed by atoms with Gasteiger partial charge in [0.15, 0.2) is 0 Å². The molecule has 0 radical (unpaired) electrons. The normalized spacial score (nSPS) is 22.3. The van der Waals surface area contributed by atoms with Gasteiger partial charge in [-0.3, -0.25) is 44.2 Å². The third-order valence-electron chi connectivity index (χ3n) is 12.0. The number of fused-ring (bicyclic) bond motifs is 1. The average Bonchev–Trinajstić information content (AvgIpc) is 3.42. The number of nitrogens with two attached hydrogens (primary N) is 1. The lowest BCUT2D eigenvalue weighted by Crippen LogP contribution is -2.70. The van der Waals surface area contributed by atoms with Gasteiger partial charge in [-0.05, 0) is 93.2 Å². The van der Waals surface area contributed by atoms with Gasteiger partial charge in [0.2, 0.25) is 11.8 Å². The molecule has 6 heterocycles. The van der Waals surface area contributed by atoms with Gasteiger partial charge >= 0.3 is 0 Å². The Bertz CT molecular complexity index is 2230. The van der Waals surface area contributed by atoms with Crippen LogP contribution in [0.25, 0.3) is 0 Å². The average molecular weight is 768 g/mol. The second kappa shape index (κ2) is 15.2. The summed E-state index contributed by atoms with van der Waals surface area (Å²) >= 11 is 0. The van der Waals surface area contributed by atoms with Gasteiger partial charge in [-0.15, -0.1) is 0 Å². The van der Waals surface area contributed by atoms with Gasteiger partial charge in [0.1, 0.15) is 29.7 Å². The highest BCUT2D eigenvalue weighted by molar-refractivity contribution is 6.23. The van der Waals surface area contributed by atoms with Crippen LogP contribution in [0.2, 0.25) is 0 Å². The molecule has 5 aliphatic heterocycles. The Hall–Kier alpha value is -5.99. The van der Waals surface area contributed by atoms with Crippen molar-refractivity contribution in [1.82, 2.24) is 30.0 Å². The van der Waals surface area contributed by atoms with Crippen LogP contribution in [0.15, 0.2) is 84.1 Å². The van der Waals surface area contributed by atoms with Crippen LogP contribution in [0.5, 0.6) is 11.5 Å². The SMILES string of the molecule is Cc1ncnc(N)c1C(=NC[C@@H]1CCCN(C2CN(C3CN(c4ccc5c(c4)C(=O)N(C4CCC(=O)NC4=O)C5=O)C3)C2)C1)c1ccc(Oc2ccccc2)cc1. The molecule has 0 spiro atoms. The lowest BCUT2D eigenvalue weighted by molar-refractivity contribution is -0.136. The smallest absolute Gasteiger partial charge is 0.262 e. The van der Waals surface area contributed by atoms with Gasteiger partial charge in [0.25, 0.3) is 11.8 Å². The number of piperidine rings is 2. The summed E-state index contributed by atoms with van der Waals surface area (Å²) in [4.78, 5) is 72.9.